The fourth-order valence-electron chi connectivity index (χ4n) is 4.19. The van der Waals surface area contributed by atoms with Crippen LogP contribution in [0.15, 0.2) is 48.5 Å². The number of nitrogens with one attached hydrogen (secondary N) is 1. The Morgan fingerprint density at radius 2 is 1.79 bits per heavy atom. The number of nitrogens with zero attached hydrogens (tertiary/aromatic N) is 3. The van der Waals surface area contributed by atoms with E-state index in [1.807, 2.05) is 6.07 Å². The number of rotatable bonds is 7. The van der Waals surface area contributed by atoms with Crippen LogP contribution in [-0.4, -0.2) is 41.2 Å². The first kappa shape index (κ1) is 19.0. The van der Waals surface area contributed by atoms with E-state index in [2.05, 4.69) is 64.3 Å². The minimum absolute atomic E-state index is 0.376. The van der Waals surface area contributed by atoms with Crippen LogP contribution >= 0.6 is 0 Å². The van der Waals surface area contributed by atoms with Crippen molar-refractivity contribution in [1.29, 1.82) is 0 Å². The van der Waals surface area contributed by atoms with Crippen molar-refractivity contribution in [2.45, 2.75) is 31.8 Å². The maximum atomic E-state index is 5.34. The van der Waals surface area contributed by atoms with Gasteiger partial charge in [0.1, 0.15) is 11.6 Å². The molecular formula is C23H30N4O. The summed E-state index contributed by atoms with van der Waals surface area (Å²) in [6.45, 7) is 4.02. The Morgan fingerprint density at radius 3 is 2.50 bits per heavy atom. The minimum atomic E-state index is 0.376. The summed E-state index contributed by atoms with van der Waals surface area (Å²) in [5.74, 6) is 1.99. The summed E-state index contributed by atoms with van der Waals surface area (Å²) in [5, 5.41) is 3.67. The average Bonchev–Trinajstić information content (AvgIpc) is 3.08. The fourth-order valence-corrected chi connectivity index (χ4v) is 4.19. The number of likely N-dealkylation sites (tertiary alicyclic amines) is 1. The highest BCUT2D eigenvalue weighted by Crippen LogP contribution is 2.26. The molecule has 1 aliphatic rings. The minimum Gasteiger partial charge on any atom is -0.497 e. The van der Waals surface area contributed by atoms with Crippen molar-refractivity contribution >= 4 is 11.0 Å². The lowest BCUT2D eigenvalue weighted by atomic mass is 10.0. The van der Waals surface area contributed by atoms with Gasteiger partial charge < -0.3 is 14.6 Å². The summed E-state index contributed by atoms with van der Waals surface area (Å²) in [5.41, 5.74) is 3.59. The normalized spacial score (nSPS) is 16.4. The maximum Gasteiger partial charge on any atom is 0.123 e. The number of ether oxygens (including phenoxy) is 1. The molecule has 2 aromatic carbocycles. The first-order chi connectivity index (χ1) is 13.8. The number of hydrogen-bond acceptors (Lipinski definition) is 4. The number of methoxy groups -OCH3 is 1. The zero-order chi connectivity index (χ0) is 19.3. The van der Waals surface area contributed by atoms with Gasteiger partial charge in [-0.2, -0.15) is 0 Å². The van der Waals surface area contributed by atoms with Crippen molar-refractivity contribution in [3.63, 3.8) is 0 Å². The molecule has 0 aliphatic carbocycles. The summed E-state index contributed by atoms with van der Waals surface area (Å²) >= 11 is 0. The molecule has 1 aromatic heterocycles. The molecule has 5 nitrogen and oxygen atoms in total. The highest BCUT2D eigenvalue weighted by atomic mass is 16.5. The van der Waals surface area contributed by atoms with Crippen LogP contribution in [0.4, 0.5) is 0 Å². The third-order valence-corrected chi connectivity index (χ3v) is 5.83. The molecule has 1 N–H and O–H groups in total. The van der Waals surface area contributed by atoms with Gasteiger partial charge in [0.25, 0.3) is 0 Å². The molecule has 28 heavy (non-hydrogen) atoms. The number of para-hydroxylation sites is 2. The van der Waals surface area contributed by atoms with Crippen LogP contribution in [0.25, 0.3) is 11.0 Å². The SMILES string of the molecule is COc1ccc(C(CNCc2nc3ccccc3n2C)N2CCCCC2)cc1. The number of benzene rings is 2. The fraction of sp³-hybridized carbons (Fsp3) is 0.435. The number of piperidine rings is 1. The van der Waals surface area contributed by atoms with Gasteiger partial charge in [-0.15, -0.1) is 0 Å². The van der Waals surface area contributed by atoms with Crippen LogP contribution in [0.2, 0.25) is 0 Å². The molecule has 4 rings (SSSR count). The Bertz CT molecular complexity index is 897. The topological polar surface area (TPSA) is 42.3 Å². The van der Waals surface area contributed by atoms with Gasteiger partial charge in [0.2, 0.25) is 0 Å². The van der Waals surface area contributed by atoms with Gasteiger partial charge in [0, 0.05) is 19.6 Å². The quantitative estimate of drug-likeness (QED) is 0.677. The third-order valence-electron chi connectivity index (χ3n) is 5.83. The van der Waals surface area contributed by atoms with Crippen molar-refractivity contribution in [2.24, 2.45) is 7.05 Å². The van der Waals surface area contributed by atoms with Crippen LogP contribution in [0.1, 0.15) is 36.7 Å². The van der Waals surface area contributed by atoms with Gasteiger partial charge in [0.05, 0.1) is 24.7 Å². The summed E-state index contributed by atoms with van der Waals surface area (Å²) < 4.78 is 7.52. The van der Waals surface area contributed by atoms with E-state index in [9.17, 15) is 0 Å². The van der Waals surface area contributed by atoms with Gasteiger partial charge in [-0.3, -0.25) is 4.90 Å². The molecule has 0 bridgehead atoms. The summed E-state index contributed by atoms with van der Waals surface area (Å²) in [4.78, 5) is 7.41. The largest absolute Gasteiger partial charge is 0.497 e. The zero-order valence-corrected chi connectivity index (χ0v) is 16.9. The Labute approximate surface area is 167 Å². The predicted molar refractivity (Wildman–Crippen MR) is 114 cm³/mol. The van der Waals surface area contributed by atoms with Crippen molar-refractivity contribution in [2.75, 3.05) is 26.7 Å². The van der Waals surface area contributed by atoms with E-state index < -0.39 is 0 Å². The summed E-state index contributed by atoms with van der Waals surface area (Å²) in [7, 11) is 3.81. The molecule has 3 aromatic rings. The number of aryl methyl sites for hydroxylation is 1. The molecule has 0 amide bonds. The van der Waals surface area contributed by atoms with E-state index >= 15 is 0 Å². The average molecular weight is 379 g/mol. The number of aromatic nitrogens is 2. The van der Waals surface area contributed by atoms with E-state index in [1.54, 1.807) is 7.11 Å². The van der Waals surface area contributed by atoms with Crippen molar-refractivity contribution < 1.29 is 4.74 Å². The van der Waals surface area contributed by atoms with Gasteiger partial charge in [-0.1, -0.05) is 30.7 Å². The van der Waals surface area contributed by atoms with Gasteiger partial charge in [-0.05, 0) is 55.8 Å². The van der Waals surface area contributed by atoms with Crippen LogP contribution in [0.3, 0.4) is 0 Å². The Morgan fingerprint density at radius 1 is 1.04 bits per heavy atom. The van der Waals surface area contributed by atoms with E-state index in [0.29, 0.717) is 6.04 Å². The summed E-state index contributed by atoms with van der Waals surface area (Å²) in [6, 6.07) is 17.2. The molecule has 1 fully saturated rings. The first-order valence-electron chi connectivity index (χ1n) is 10.3. The van der Waals surface area contributed by atoms with Crippen LogP contribution in [0, 0.1) is 0 Å². The number of hydrogen-bond donors (Lipinski definition) is 1. The lowest BCUT2D eigenvalue weighted by Gasteiger charge is -2.35. The van der Waals surface area contributed by atoms with Crippen LogP contribution < -0.4 is 10.1 Å². The highest BCUT2D eigenvalue weighted by Gasteiger charge is 2.22. The van der Waals surface area contributed by atoms with Crippen molar-refractivity contribution in [3.05, 3.63) is 59.9 Å². The Balaban J connectivity index is 1.47. The molecule has 0 spiro atoms. The monoisotopic (exact) mass is 378 g/mol. The van der Waals surface area contributed by atoms with E-state index in [0.717, 1.165) is 30.2 Å². The molecule has 1 saturated heterocycles. The molecule has 1 aliphatic heterocycles. The van der Waals surface area contributed by atoms with E-state index in [1.165, 1.54) is 43.4 Å². The van der Waals surface area contributed by atoms with Gasteiger partial charge >= 0.3 is 0 Å². The molecule has 148 valence electrons. The first-order valence-corrected chi connectivity index (χ1v) is 10.3. The molecule has 0 saturated carbocycles. The Kier molecular flexibility index (Phi) is 5.93. The molecule has 1 unspecified atom stereocenters. The molecule has 2 heterocycles. The second kappa shape index (κ2) is 8.76. The second-order valence-corrected chi connectivity index (χ2v) is 7.59. The lowest BCUT2D eigenvalue weighted by Crippen LogP contribution is -2.39. The molecule has 5 heteroatoms. The number of fused-ring (bicyclic) bond motifs is 1. The van der Waals surface area contributed by atoms with Crippen LogP contribution in [-0.2, 0) is 13.6 Å². The third kappa shape index (κ3) is 4.05. The van der Waals surface area contributed by atoms with Gasteiger partial charge in [-0.25, -0.2) is 4.98 Å². The lowest BCUT2D eigenvalue weighted by molar-refractivity contribution is 0.160. The van der Waals surface area contributed by atoms with E-state index in [4.69, 9.17) is 9.72 Å². The smallest absolute Gasteiger partial charge is 0.123 e. The zero-order valence-electron chi connectivity index (χ0n) is 16.9. The van der Waals surface area contributed by atoms with Crippen molar-refractivity contribution in [1.82, 2.24) is 19.8 Å². The molecule has 0 radical (unpaired) electrons. The standard InChI is InChI=1S/C23H30N4O/c1-26-21-9-5-4-8-20(21)25-23(26)17-24-16-22(27-14-6-3-7-15-27)18-10-12-19(28-2)13-11-18/h4-5,8-13,22,24H,3,6-7,14-17H2,1-2H3. The molecule has 1 atom stereocenters. The van der Waals surface area contributed by atoms with Gasteiger partial charge in [0.15, 0.2) is 0 Å². The van der Waals surface area contributed by atoms with Crippen molar-refractivity contribution in [3.8, 4) is 5.75 Å². The maximum absolute atomic E-state index is 5.34. The number of imidazole rings is 1. The summed E-state index contributed by atoms with van der Waals surface area (Å²) in [6.07, 6.45) is 3.92. The van der Waals surface area contributed by atoms with E-state index in [-0.39, 0.29) is 0 Å². The Hall–Kier alpha value is -2.37. The highest BCUT2D eigenvalue weighted by molar-refractivity contribution is 5.75. The predicted octanol–water partition coefficient (Wildman–Crippen LogP) is 3.90. The second-order valence-electron chi connectivity index (χ2n) is 7.59. The molecular weight excluding hydrogens is 348 g/mol. The van der Waals surface area contributed by atoms with Crippen LogP contribution in [0.5, 0.6) is 5.75 Å².